The van der Waals surface area contributed by atoms with Gasteiger partial charge in [-0.15, -0.1) is 10.2 Å². The molecule has 0 radical (unpaired) electrons. The molecule has 1 N–H and O–H groups in total. The maximum Gasteiger partial charge on any atom is 0.227 e. The normalized spacial score (nSPS) is 11.2. The lowest BCUT2D eigenvalue weighted by Gasteiger charge is -2.20. The summed E-state index contributed by atoms with van der Waals surface area (Å²) in [5, 5.41) is 24.6. The van der Waals surface area contributed by atoms with Crippen molar-refractivity contribution in [2.75, 3.05) is 6.61 Å². The quantitative estimate of drug-likeness (QED) is 0.0867. The van der Waals surface area contributed by atoms with E-state index in [2.05, 4.69) is 31.7 Å². The van der Waals surface area contributed by atoms with Gasteiger partial charge in [0.15, 0.2) is 13.2 Å². The SMILES string of the molecule is N#CCOc1cccc(COc2ccc(OCc3ccc4ccccc4n3)cc2)c1.c1ccc(OC(OCc2ccc3ccccc3n2)c2cccc(OCc3nn[nH]n3)c2)cc1. The number of H-pyrrole nitrogens is 1. The van der Waals surface area contributed by atoms with Crippen LogP contribution in [0.25, 0.3) is 21.8 Å². The van der Waals surface area contributed by atoms with Gasteiger partial charge in [-0.3, -0.25) is 4.98 Å². The molecule has 0 spiro atoms. The van der Waals surface area contributed by atoms with Crippen LogP contribution in [0, 0.1) is 11.3 Å². The summed E-state index contributed by atoms with van der Waals surface area (Å²) in [6.45, 7) is 1.33. The van der Waals surface area contributed by atoms with E-state index < -0.39 is 6.29 Å². The molecule has 6 aromatic carbocycles. The molecular formula is C50H41N7O6. The predicted octanol–water partition coefficient (Wildman–Crippen LogP) is 9.92. The number of hydrogen-bond donors (Lipinski definition) is 1. The summed E-state index contributed by atoms with van der Waals surface area (Å²) < 4.78 is 35.1. The number of aromatic nitrogens is 6. The summed E-state index contributed by atoms with van der Waals surface area (Å²) in [6, 6.07) is 58.1. The first-order valence-corrected chi connectivity index (χ1v) is 20.1. The van der Waals surface area contributed by atoms with E-state index >= 15 is 0 Å². The molecule has 0 fully saturated rings. The molecule has 312 valence electrons. The molecule has 3 heterocycles. The van der Waals surface area contributed by atoms with E-state index in [-0.39, 0.29) is 19.8 Å². The van der Waals surface area contributed by atoms with Gasteiger partial charge in [0.25, 0.3) is 0 Å². The second-order valence-corrected chi connectivity index (χ2v) is 13.9. The molecule has 0 aliphatic rings. The van der Waals surface area contributed by atoms with Gasteiger partial charge >= 0.3 is 0 Å². The number of pyridine rings is 2. The van der Waals surface area contributed by atoms with Crippen molar-refractivity contribution in [1.29, 1.82) is 5.26 Å². The lowest BCUT2D eigenvalue weighted by atomic mass is 10.2. The minimum atomic E-state index is -0.658. The van der Waals surface area contributed by atoms with Crippen molar-refractivity contribution in [3.8, 4) is 34.8 Å². The Balaban J connectivity index is 0.000000174. The van der Waals surface area contributed by atoms with Crippen molar-refractivity contribution in [2.24, 2.45) is 0 Å². The van der Waals surface area contributed by atoms with Gasteiger partial charge in [0, 0.05) is 16.3 Å². The largest absolute Gasteiger partial charge is 0.489 e. The van der Waals surface area contributed by atoms with E-state index in [1.165, 1.54) is 0 Å². The van der Waals surface area contributed by atoms with Crippen LogP contribution < -0.4 is 23.7 Å². The third-order valence-electron chi connectivity index (χ3n) is 9.39. The zero-order chi connectivity index (χ0) is 42.9. The van der Waals surface area contributed by atoms with E-state index in [0.717, 1.165) is 55.8 Å². The molecule has 9 rings (SSSR count). The molecule has 0 saturated heterocycles. The number of para-hydroxylation sites is 3. The van der Waals surface area contributed by atoms with Gasteiger partial charge in [-0.25, -0.2) is 4.98 Å². The van der Waals surface area contributed by atoms with Crippen LogP contribution in [-0.4, -0.2) is 37.2 Å². The van der Waals surface area contributed by atoms with Crippen LogP contribution in [0.4, 0.5) is 0 Å². The van der Waals surface area contributed by atoms with E-state index in [1.807, 2.05) is 176 Å². The van der Waals surface area contributed by atoms with Crippen LogP contribution in [0.5, 0.6) is 28.7 Å². The number of nitrogens with one attached hydrogen (secondary N) is 1. The van der Waals surface area contributed by atoms with Crippen molar-refractivity contribution < 1.29 is 28.4 Å². The number of ether oxygens (including phenoxy) is 6. The third kappa shape index (κ3) is 12.1. The van der Waals surface area contributed by atoms with Crippen LogP contribution in [0.3, 0.4) is 0 Å². The van der Waals surface area contributed by atoms with E-state index in [0.29, 0.717) is 36.3 Å². The number of rotatable bonds is 17. The highest BCUT2D eigenvalue weighted by atomic mass is 16.7. The van der Waals surface area contributed by atoms with Crippen LogP contribution >= 0.6 is 0 Å². The summed E-state index contributed by atoms with van der Waals surface area (Å²) in [5.74, 6) is 3.97. The summed E-state index contributed by atoms with van der Waals surface area (Å²) in [5.41, 5.74) is 5.37. The van der Waals surface area contributed by atoms with Gasteiger partial charge in [-0.05, 0) is 90.5 Å². The number of nitriles is 1. The minimum Gasteiger partial charge on any atom is -0.489 e. The molecule has 63 heavy (non-hydrogen) atoms. The molecule has 3 aromatic heterocycles. The highest BCUT2D eigenvalue weighted by molar-refractivity contribution is 5.79. The van der Waals surface area contributed by atoms with Crippen molar-refractivity contribution in [2.45, 2.75) is 32.7 Å². The number of hydrogen-bond acceptors (Lipinski definition) is 12. The summed E-state index contributed by atoms with van der Waals surface area (Å²) in [6.07, 6.45) is -0.658. The third-order valence-corrected chi connectivity index (χ3v) is 9.39. The molecule has 9 aromatic rings. The van der Waals surface area contributed by atoms with Crippen molar-refractivity contribution >= 4 is 21.8 Å². The molecule has 0 bridgehead atoms. The van der Waals surface area contributed by atoms with Crippen LogP contribution in [0.15, 0.2) is 176 Å². The average Bonchev–Trinajstić information content (AvgIpc) is 3.88. The Labute approximate surface area is 363 Å². The fourth-order valence-corrected chi connectivity index (χ4v) is 6.30. The summed E-state index contributed by atoms with van der Waals surface area (Å²) in [7, 11) is 0. The Morgan fingerprint density at radius 3 is 1.79 bits per heavy atom. The van der Waals surface area contributed by atoms with E-state index in [1.54, 1.807) is 0 Å². The van der Waals surface area contributed by atoms with Crippen LogP contribution in [-0.2, 0) is 31.2 Å². The highest BCUT2D eigenvalue weighted by Crippen LogP contribution is 2.28. The number of aromatic amines is 1. The fourth-order valence-electron chi connectivity index (χ4n) is 6.30. The second kappa shape index (κ2) is 21.3. The van der Waals surface area contributed by atoms with Crippen molar-refractivity contribution in [1.82, 2.24) is 30.6 Å². The maximum atomic E-state index is 8.60. The maximum absolute atomic E-state index is 8.60. The lowest BCUT2D eigenvalue weighted by molar-refractivity contribution is -0.0938. The molecule has 0 amide bonds. The molecule has 0 aliphatic carbocycles. The van der Waals surface area contributed by atoms with Crippen molar-refractivity contribution in [3.63, 3.8) is 0 Å². The van der Waals surface area contributed by atoms with E-state index in [4.69, 9.17) is 38.7 Å². The predicted molar refractivity (Wildman–Crippen MR) is 236 cm³/mol. The lowest BCUT2D eigenvalue weighted by Crippen LogP contribution is -2.13. The first-order chi connectivity index (χ1) is 31.1. The fraction of sp³-hybridized carbons (Fsp3) is 0.120. The smallest absolute Gasteiger partial charge is 0.227 e. The van der Waals surface area contributed by atoms with Crippen molar-refractivity contribution in [3.05, 3.63) is 204 Å². The second-order valence-electron chi connectivity index (χ2n) is 13.9. The Morgan fingerprint density at radius 1 is 0.508 bits per heavy atom. The first-order valence-electron chi connectivity index (χ1n) is 20.1. The Bertz CT molecular complexity index is 2870. The Morgan fingerprint density at radius 2 is 1.11 bits per heavy atom. The zero-order valence-electron chi connectivity index (χ0n) is 34.0. The van der Waals surface area contributed by atoms with Gasteiger partial charge in [0.2, 0.25) is 12.1 Å². The monoisotopic (exact) mass is 835 g/mol. The topological polar surface area (TPSA) is 159 Å². The zero-order valence-corrected chi connectivity index (χ0v) is 34.0. The Hall–Kier alpha value is -8.34. The molecule has 1 atom stereocenters. The minimum absolute atomic E-state index is 0.0283. The number of nitrogens with zero attached hydrogens (tertiary/aromatic N) is 6. The Kier molecular flexibility index (Phi) is 14.0. The molecule has 1 unspecified atom stereocenters. The van der Waals surface area contributed by atoms with Gasteiger partial charge in [0.05, 0.1) is 29.0 Å². The number of fused-ring (bicyclic) bond motifs is 2. The molecular weight excluding hydrogens is 795 g/mol. The first kappa shape index (κ1) is 41.4. The molecule has 0 aliphatic heterocycles. The van der Waals surface area contributed by atoms with Gasteiger partial charge < -0.3 is 28.4 Å². The highest BCUT2D eigenvalue weighted by Gasteiger charge is 2.17. The standard InChI is InChI=1S/C25H21N5O3.C25H20N2O3/c1-2-9-21(10-3-1)33-25(32-16-20-14-13-18-7-4-5-12-23(18)26-20)19-8-6-11-22(15-19)31-17-24-27-29-30-28-24;26-14-15-28-24-6-3-4-19(16-24)17-29-22-10-12-23(13-11-22)30-18-21-9-8-20-5-1-2-7-25(20)27-21/h1-15,25H,16-17H2,(H,27,28,29,30);1-13,16H,15,17-18H2. The van der Waals surface area contributed by atoms with E-state index in [9.17, 15) is 0 Å². The number of tetrazole rings is 1. The van der Waals surface area contributed by atoms with Crippen LogP contribution in [0.1, 0.15) is 34.6 Å². The summed E-state index contributed by atoms with van der Waals surface area (Å²) in [4.78, 5) is 9.31. The summed E-state index contributed by atoms with van der Waals surface area (Å²) >= 11 is 0. The number of benzene rings is 6. The molecule has 13 heteroatoms. The van der Waals surface area contributed by atoms with Gasteiger partial charge in [-0.1, -0.05) is 96.2 Å². The van der Waals surface area contributed by atoms with Gasteiger partial charge in [-0.2, -0.15) is 10.5 Å². The van der Waals surface area contributed by atoms with Crippen LogP contribution in [0.2, 0.25) is 0 Å². The average molecular weight is 836 g/mol. The molecule has 0 saturated carbocycles. The van der Waals surface area contributed by atoms with Gasteiger partial charge in [0.1, 0.15) is 48.0 Å². The molecule has 13 nitrogen and oxygen atoms in total.